The normalized spacial score (nSPS) is 10.4. The molecule has 1 N–H and O–H groups in total. The lowest BCUT2D eigenvalue weighted by atomic mass is 10.1. The summed E-state index contributed by atoms with van der Waals surface area (Å²) < 4.78 is 33.3. The van der Waals surface area contributed by atoms with Gasteiger partial charge in [0.25, 0.3) is 5.91 Å². The van der Waals surface area contributed by atoms with Gasteiger partial charge in [0.1, 0.15) is 11.6 Å². The molecule has 2 aromatic carbocycles. The van der Waals surface area contributed by atoms with Crippen LogP contribution in [0.2, 0.25) is 0 Å². The number of para-hydroxylation sites is 1. The third-order valence-corrected chi connectivity index (χ3v) is 3.46. The summed E-state index contributed by atoms with van der Waals surface area (Å²) in [6.07, 6.45) is 1.35. The molecule has 132 valence electrons. The maximum atomic E-state index is 13.9. The van der Waals surface area contributed by atoms with Crippen molar-refractivity contribution in [1.29, 1.82) is 0 Å². The number of ether oxygens (including phenoxy) is 1. The second kappa shape index (κ2) is 7.09. The first-order chi connectivity index (χ1) is 12.5. The smallest absolute Gasteiger partial charge is 0.340 e. The summed E-state index contributed by atoms with van der Waals surface area (Å²) in [5.74, 6) is -3.90. The Balaban J connectivity index is 1.85. The zero-order valence-electron chi connectivity index (χ0n) is 13.4. The van der Waals surface area contributed by atoms with Crippen molar-refractivity contribution in [3.8, 4) is 5.69 Å². The third kappa shape index (κ3) is 3.41. The fourth-order valence-corrected chi connectivity index (χ4v) is 2.17. The molecule has 0 bridgehead atoms. The van der Waals surface area contributed by atoms with Crippen molar-refractivity contribution in [2.45, 2.75) is 0 Å². The van der Waals surface area contributed by atoms with Crippen molar-refractivity contribution in [1.82, 2.24) is 15.0 Å². The molecule has 0 aliphatic carbocycles. The standard InChI is InChI=1S/C17H12F2N4O3/c1-26-17(25)11-7-14(13(19)8-12(11)18)20-16(24)15-9-23(22-21-15)10-5-3-2-4-6-10/h2-9H,1H3,(H,20,24). The van der Waals surface area contributed by atoms with Crippen molar-refractivity contribution >= 4 is 17.6 Å². The molecule has 0 aliphatic rings. The molecule has 0 unspecified atom stereocenters. The van der Waals surface area contributed by atoms with Gasteiger partial charge < -0.3 is 10.1 Å². The van der Waals surface area contributed by atoms with Crippen LogP contribution in [0.1, 0.15) is 20.8 Å². The number of amides is 1. The predicted octanol–water partition coefficient (Wildman–Crippen LogP) is 2.58. The van der Waals surface area contributed by atoms with Gasteiger partial charge in [-0.25, -0.2) is 18.3 Å². The summed E-state index contributed by atoms with van der Waals surface area (Å²) in [6.45, 7) is 0. The second-order valence-corrected chi connectivity index (χ2v) is 5.14. The largest absolute Gasteiger partial charge is 0.465 e. The zero-order chi connectivity index (χ0) is 18.7. The highest BCUT2D eigenvalue weighted by atomic mass is 19.1. The number of halogens is 2. The van der Waals surface area contributed by atoms with Crippen LogP contribution in [0.3, 0.4) is 0 Å². The number of aromatic nitrogens is 3. The van der Waals surface area contributed by atoms with Crippen LogP contribution >= 0.6 is 0 Å². The molecule has 0 fully saturated rings. The molecular weight excluding hydrogens is 346 g/mol. The third-order valence-electron chi connectivity index (χ3n) is 3.46. The first kappa shape index (κ1) is 17.2. The minimum absolute atomic E-state index is 0.0859. The van der Waals surface area contributed by atoms with Crippen LogP contribution in [0, 0.1) is 11.6 Å². The molecule has 1 aromatic heterocycles. The fourth-order valence-electron chi connectivity index (χ4n) is 2.17. The van der Waals surface area contributed by atoms with E-state index in [0.717, 1.165) is 13.2 Å². The molecule has 26 heavy (non-hydrogen) atoms. The van der Waals surface area contributed by atoms with E-state index in [1.165, 1.54) is 10.9 Å². The van der Waals surface area contributed by atoms with Gasteiger partial charge in [-0.2, -0.15) is 0 Å². The Labute approximate surface area is 146 Å². The summed E-state index contributed by atoms with van der Waals surface area (Å²) in [5, 5.41) is 9.78. The Morgan fingerprint density at radius 3 is 2.54 bits per heavy atom. The number of anilines is 1. The van der Waals surface area contributed by atoms with E-state index < -0.39 is 29.1 Å². The van der Waals surface area contributed by atoms with Gasteiger partial charge in [0, 0.05) is 6.07 Å². The van der Waals surface area contributed by atoms with Crippen LogP contribution in [0.15, 0.2) is 48.7 Å². The molecule has 1 heterocycles. The maximum Gasteiger partial charge on any atom is 0.340 e. The number of methoxy groups -OCH3 is 1. The highest BCUT2D eigenvalue weighted by Gasteiger charge is 2.19. The highest BCUT2D eigenvalue weighted by molar-refractivity contribution is 6.03. The lowest BCUT2D eigenvalue weighted by molar-refractivity contribution is 0.0595. The quantitative estimate of drug-likeness (QED) is 0.725. The molecule has 0 saturated carbocycles. The number of hydrogen-bond acceptors (Lipinski definition) is 5. The Morgan fingerprint density at radius 2 is 1.85 bits per heavy atom. The molecule has 0 spiro atoms. The van der Waals surface area contributed by atoms with Crippen molar-refractivity contribution in [3.63, 3.8) is 0 Å². The number of rotatable bonds is 4. The summed E-state index contributed by atoms with van der Waals surface area (Å²) in [5.41, 5.74) is -0.291. The highest BCUT2D eigenvalue weighted by Crippen LogP contribution is 2.21. The van der Waals surface area contributed by atoms with Gasteiger partial charge in [-0.15, -0.1) is 5.10 Å². The Kier molecular flexibility index (Phi) is 4.70. The van der Waals surface area contributed by atoms with Gasteiger partial charge in [-0.05, 0) is 18.2 Å². The number of carbonyl (C=O) groups is 2. The maximum absolute atomic E-state index is 13.9. The number of nitrogens with zero attached hydrogens (tertiary/aromatic N) is 3. The number of carbonyl (C=O) groups excluding carboxylic acids is 2. The summed E-state index contributed by atoms with van der Waals surface area (Å²) >= 11 is 0. The van der Waals surface area contributed by atoms with Crippen molar-refractivity contribution < 1.29 is 23.1 Å². The number of benzene rings is 2. The van der Waals surface area contributed by atoms with E-state index in [1.54, 1.807) is 24.3 Å². The minimum Gasteiger partial charge on any atom is -0.465 e. The molecule has 9 heteroatoms. The van der Waals surface area contributed by atoms with Crippen molar-refractivity contribution in [3.05, 3.63) is 71.6 Å². The van der Waals surface area contributed by atoms with Gasteiger partial charge >= 0.3 is 5.97 Å². The van der Waals surface area contributed by atoms with Gasteiger partial charge in [-0.1, -0.05) is 23.4 Å². The zero-order valence-corrected chi connectivity index (χ0v) is 13.4. The molecule has 1 amide bonds. The molecule has 7 nitrogen and oxygen atoms in total. The van der Waals surface area contributed by atoms with E-state index in [0.29, 0.717) is 11.8 Å². The molecule has 0 radical (unpaired) electrons. The molecular formula is C17H12F2N4O3. The average molecular weight is 358 g/mol. The average Bonchev–Trinajstić information content (AvgIpc) is 3.14. The Morgan fingerprint density at radius 1 is 1.12 bits per heavy atom. The van der Waals surface area contributed by atoms with Crippen LogP contribution in [0.4, 0.5) is 14.5 Å². The summed E-state index contributed by atoms with van der Waals surface area (Å²) in [7, 11) is 1.06. The number of hydrogen-bond donors (Lipinski definition) is 1. The van der Waals surface area contributed by atoms with E-state index in [2.05, 4.69) is 20.4 Å². The van der Waals surface area contributed by atoms with Crippen LogP contribution < -0.4 is 5.32 Å². The Hall–Kier alpha value is -3.62. The van der Waals surface area contributed by atoms with Crippen molar-refractivity contribution in [2.75, 3.05) is 12.4 Å². The van der Waals surface area contributed by atoms with E-state index in [9.17, 15) is 18.4 Å². The van der Waals surface area contributed by atoms with Gasteiger partial charge in [0.2, 0.25) is 0 Å². The SMILES string of the molecule is COC(=O)c1cc(NC(=O)c2cn(-c3ccccc3)nn2)c(F)cc1F. The van der Waals surface area contributed by atoms with E-state index >= 15 is 0 Å². The van der Waals surface area contributed by atoms with Crippen LogP contribution in [-0.2, 0) is 4.74 Å². The molecule has 3 rings (SSSR count). The van der Waals surface area contributed by atoms with Crippen molar-refractivity contribution in [2.24, 2.45) is 0 Å². The van der Waals surface area contributed by atoms with E-state index in [-0.39, 0.29) is 11.4 Å². The van der Waals surface area contributed by atoms with Crippen LogP contribution in [0.25, 0.3) is 5.69 Å². The summed E-state index contributed by atoms with van der Waals surface area (Å²) in [6, 6.07) is 10.3. The van der Waals surface area contributed by atoms with Crippen LogP contribution in [-0.4, -0.2) is 34.0 Å². The first-order valence-corrected chi connectivity index (χ1v) is 7.36. The van der Waals surface area contributed by atoms with Gasteiger partial charge in [0.15, 0.2) is 5.69 Å². The molecule has 0 atom stereocenters. The topological polar surface area (TPSA) is 86.1 Å². The van der Waals surface area contributed by atoms with Gasteiger partial charge in [-0.3, -0.25) is 4.79 Å². The fraction of sp³-hybridized carbons (Fsp3) is 0.0588. The number of nitrogens with one attached hydrogen (secondary N) is 1. The second-order valence-electron chi connectivity index (χ2n) is 5.14. The summed E-state index contributed by atoms with van der Waals surface area (Å²) in [4.78, 5) is 23.7. The lowest BCUT2D eigenvalue weighted by Crippen LogP contribution is -2.15. The Bertz CT molecular complexity index is 973. The molecule has 0 aliphatic heterocycles. The van der Waals surface area contributed by atoms with E-state index in [4.69, 9.17) is 0 Å². The van der Waals surface area contributed by atoms with E-state index in [1.807, 2.05) is 6.07 Å². The van der Waals surface area contributed by atoms with Crippen LogP contribution in [0.5, 0.6) is 0 Å². The lowest BCUT2D eigenvalue weighted by Gasteiger charge is -2.08. The minimum atomic E-state index is -1.10. The molecule has 3 aromatic rings. The number of esters is 1. The molecule has 0 saturated heterocycles. The predicted molar refractivity (Wildman–Crippen MR) is 87.0 cm³/mol. The first-order valence-electron chi connectivity index (χ1n) is 7.36. The van der Waals surface area contributed by atoms with Gasteiger partial charge in [0.05, 0.1) is 30.2 Å². The monoisotopic (exact) mass is 358 g/mol.